The molecule has 1 N–H and O–H groups in total. The number of ether oxygens (including phenoxy) is 1. The van der Waals surface area contributed by atoms with Crippen LogP contribution in [0.5, 0.6) is 5.75 Å². The third-order valence-electron chi connectivity index (χ3n) is 3.66. The maximum absolute atomic E-state index is 13.6. The monoisotopic (exact) mass is 281 g/mol. The van der Waals surface area contributed by atoms with Gasteiger partial charge in [-0.1, -0.05) is 33.8 Å². The number of halogens is 1. The summed E-state index contributed by atoms with van der Waals surface area (Å²) in [5.74, 6) is 0.0402. The molecule has 0 bridgehead atoms. The molecule has 0 atom stereocenters. The van der Waals surface area contributed by atoms with Gasteiger partial charge in [-0.05, 0) is 48.9 Å². The first kappa shape index (κ1) is 17.0. The van der Waals surface area contributed by atoms with Crippen molar-refractivity contribution in [3.8, 4) is 5.75 Å². The number of methoxy groups -OCH3 is 1. The Kier molecular flexibility index (Phi) is 6.47. The number of benzene rings is 1. The van der Waals surface area contributed by atoms with Gasteiger partial charge in [0.2, 0.25) is 0 Å². The lowest BCUT2D eigenvalue weighted by Gasteiger charge is -2.25. The molecule has 114 valence electrons. The van der Waals surface area contributed by atoms with E-state index in [1.807, 2.05) is 6.07 Å². The van der Waals surface area contributed by atoms with Crippen LogP contribution in [0, 0.1) is 11.2 Å². The summed E-state index contributed by atoms with van der Waals surface area (Å²) < 4.78 is 18.6. The molecule has 1 aromatic carbocycles. The Bertz CT molecular complexity index is 415. The Morgan fingerprint density at radius 3 is 2.50 bits per heavy atom. The molecule has 2 nitrogen and oxygen atoms in total. The van der Waals surface area contributed by atoms with Crippen LogP contribution < -0.4 is 10.1 Å². The Morgan fingerprint density at radius 2 is 1.95 bits per heavy atom. The Balaban J connectivity index is 2.46. The molecule has 0 amide bonds. The molecule has 0 unspecified atom stereocenters. The van der Waals surface area contributed by atoms with Crippen molar-refractivity contribution in [2.45, 2.75) is 53.0 Å². The summed E-state index contributed by atoms with van der Waals surface area (Å²) in [6.07, 6.45) is 3.08. The SMILES string of the molecule is COc1ccc(CCC(C)(C)CCNC(C)C)cc1F. The number of hydrogen-bond acceptors (Lipinski definition) is 2. The second-order valence-corrected chi connectivity index (χ2v) is 6.49. The van der Waals surface area contributed by atoms with Crippen LogP contribution in [0.2, 0.25) is 0 Å². The molecule has 0 saturated carbocycles. The largest absolute Gasteiger partial charge is 0.494 e. The molecule has 0 aliphatic heterocycles. The minimum Gasteiger partial charge on any atom is -0.494 e. The summed E-state index contributed by atoms with van der Waals surface area (Å²) in [5.41, 5.74) is 1.30. The zero-order valence-corrected chi connectivity index (χ0v) is 13.4. The zero-order chi connectivity index (χ0) is 15.2. The highest BCUT2D eigenvalue weighted by Crippen LogP contribution is 2.27. The van der Waals surface area contributed by atoms with Crippen LogP contribution in [-0.4, -0.2) is 19.7 Å². The van der Waals surface area contributed by atoms with Gasteiger partial charge in [0.15, 0.2) is 11.6 Å². The van der Waals surface area contributed by atoms with Gasteiger partial charge < -0.3 is 10.1 Å². The fourth-order valence-corrected chi connectivity index (χ4v) is 2.17. The van der Waals surface area contributed by atoms with Crippen LogP contribution in [0.3, 0.4) is 0 Å². The standard InChI is InChI=1S/C17H28FNO/c1-13(2)19-11-10-17(3,4)9-8-14-6-7-16(20-5)15(18)12-14/h6-7,12-13,19H,8-11H2,1-5H3. The molecule has 0 aromatic heterocycles. The van der Waals surface area contributed by atoms with Gasteiger partial charge in [0, 0.05) is 6.04 Å². The lowest BCUT2D eigenvalue weighted by molar-refractivity contribution is 0.298. The predicted molar refractivity (Wildman–Crippen MR) is 82.8 cm³/mol. The van der Waals surface area contributed by atoms with Gasteiger partial charge in [-0.2, -0.15) is 0 Å². The first-order chi connectivity index (χ1) is 9.34. The van der Waals surface area contributed by atoms with Crippen molar-refractivity contribution in [3.63, 3.8) is 0 Å². The number of nitrogens with one attached hydrogen (secondary N) is 1. The molecule has 0 aliphatic rings. The third kappa shape index (κ3) is 5.91. The number of aryl methyl sites for hydroxylation is 1. The number of hydrogen-bond donors (Lipinski definition) is 1. The normalized spacial score (nSPS) is 11.9. The first-order valence-electron chi connectivity index (χ1n) is 7.40. The van der Waals surface area contributed by atoms with Crippen LogP contribution >= 0.6 is 0 Å². The fourth-order valence-electron chi connectivity index (χ4n) is 2.17. The van der Waals surface area contributed by atoms with Gasteiger partial charge in [0.25, 0.3) is 0 Å². The minimum absolute atomic E-state index is 0.262. The van der Waals surface area contributed by atoms with Gasteiger partial charge >= 0.3 is 0 Å². The van der Waals surface area contributed by atoms with E-state index in [0.717, 1.165) is 31.4 Å². The summed E-state index contributed by atoms with van der Waals surface area (Å²) in [6, 6.07) is 5.77. The van der Waals surface area contributed by atoms with Crippen LogP contribution in [0.25, 0.3) is 0 Å². The van der Waals surface area contributed by atoms with Gasteiger partial charge in [-0.15, -0.1) is 0 Å². The molecule has 20 heavy (non-hydrogen) atoms. The predicted octanol–water partition coefficient (Wildman–Crippen LogP) is 4.18. The third-order valence-corrected chi connectivity index (χ3v) is 3.66. The Morgan fingerprint density at radius 1 is 1.25 bits per heavy atom. The molecule has 1 aromatic rings. The average molecular weight is 281 g/mol. The van der Waals surface area contributed by atoms with Gasteiger partial charge in [0.1, 0.15) is 0 Å². The van der Waals surface area contributed by atoms with E-state index in [4.69, 9.17) is 4.74 Å². The Labute approximate surface area is 122 Å². The molecule has 1 rings (SSSR count). The summed E-state index contributed by atoms with van der Waals surface area (Å²) >= 11 is 0. The summed E-state index contributed by atoms with van der Waals surface area (Å²) in [6.45, 7) is 9.89. The van der Waals surface area contributed by atoms with Crippen molar-refractivity contribution in [3.05, 3.63) is 29.6 Å². The van der Waals surface area contributed by atoms with E-state index < -0.39 is 0 Å². The van der Waals surface area contributed by atoms with Crippen LogP contribution in [-0.2, 0) is 6.42 Å². The average Bonchev–Trinajstić information content (AvgIpc) is 2.36. The van der Waals surface area contributed by atoms with E-state index in [0.29, 0.717) is 11.8 Å². The zero-order valence-electron chi connectivity index (χ0n) is 13.4. The van der Waals surface area contributed by atoms with Crippen molar-refractivity contribution in [1.29, 1.82) is 0 Å². The maximum atomic E-state index is 13.6. The second kappa shape index (κ2) is 7.63. The van der Waals surface area contributed by atoms with Crippen LogP contribution in [0.4, 0.5) is 4.39 Å². The van der Waals surface area contributed by atoms with Crippen molar-refractivity contribution in [2.24, 2.45) is 5.41 Å². The van der Waals surface area contributed by atoms with Crippen LogP contribution in [0.15, 0.2) is 18.2 Å². The quantitative estimate of drug-likeness (QED) is 0.771. The van der Waals surface area contributed by atoms with E-state index in [9.17, 15) is 4.39 Å². The smallest absolute Gasteiger partial charge is 0.165 e. The van der Waals surface area contributed by atoms with Crippen molar-refractivity contribution >= 4 is 0 Å². The molecule has 3 heteroatoms. The highest BCUT2D eigenvalue weighted by molar-refractivity contribution is 5.29. The lowest BCUT2D eigenvalue weighted by atomic mass is 9.83. The van der Waals surface area contributed by atoms with Crippen molar-refractivity contribution < 1.29 is 9.13 Å². The summed E-state index contributed by atoms with van der Waals surface area (Å²) in [4.78, 5) is 0. The summed E-state index contributed by atoms with van der Waals surface area (Å²) in [5, 5.41) is 3.45. The van der Waals surface area contributed by atoms with Crippen molar-refractivity contribution in [2.75, 3.05) is 13.7 Å². The van der Waals surface area contributed by atoms with Gasteiger partial charge in [-0.3, -0.25) is 0 Å². The maximum Gasteiger partial charge on any atom is 0.165 e. The first-order valence-corrected chi connectivity index (χ1v) is 7.40. The topological polar surface area (TPSA) is 21.3 Å². The number of rotatable bonds is 8. The summed E-state index contributed by atoms with van der Waals surface area (Å²) in [7, 11) is 1.49. The van der Waals surface area contributed by atoms with E-state index in [1.54, 1.807) is 12.1 Å². The van der Waals surface area contributed by atoms with E-state index in [-0.39, 0.29) is 11.2 Å². The molecule has 0 heterocycles. The van der Waals surface area contributed by atoms with Gasteiger partial charge in [-0.25, -0.2) is 4.39 Å². The molecule has 0 fully saturated rings. The minimum atomic E-state index is -0.274. The highest BCUT2D eigenvalue weighted by atomic mass is 19.1. The van der Waals surface area contributed by atoms with E-state index in [2.05, 4.69) is 33.0 Å². The van der Waals surface area contributed by atoms with E-state index >= 15 is 0 Å². The second-order valence-electron chi connectivity index (χ2n) is 6.49. The molecule has 0 saturated heterocycles. The highest BCUT2D eigenvalue weighted by Gasteiger charge is 2.17. The molecular weight excluding hydrogens is 253 g/mol. The lowest BCUT2D eigenvalue weighted by Crippen LogP contribution is -2.28. The molecule has 0 aliphatic carbocycles. The van der Waals surface area contributed by atoms with Gasteiger partial charge in [0.05, 0.1) is 7.11 Å². The molecule has 0 spiro atoms. The molecular formula is C17H28FNO. The van der Waals surface area contributed by atoms with Crippen molar-refractivity contribution in [1.82, 2.24) is 5.32 Å². The molecule has 0 radical (unpaired) electrons. The Hall–Kier alpha value is -1.09. The fraction of sp³-hybridized carbons (Fsp3) is 0.647. The van der Waals surface area contributed by atoms with Crippen LogP contribution in [0.1, 0.15) is 46.1 Å². The van der Waals surface area contributed by atoms with E-state index in [1.165, 1.54) is 7.11 Å².